The van der Waals surface area contributed by atoms with Crippen molar-refractivity contribution in [1.29, 1.82) is 0 Å². The van der Waals surface area contributed by atoms with Gasteiger partial charge in [-0.05, 0) is 61.2 Å². The maximum atomic E-state index is 13.0. The van der Waals surface area contributed by atoms with Crippen LogP contribution in [-0.2, 0) is 11.2 Å². The second kappa shape index (κ2) is 7.86. The Bertz CT molecular complexity index is 810. The van der Waals surface area contributed by atoms with Crippen LogP contribution in [0, 0.1) is 5.82 Å². The number of halogens is 1. The van der Waals surface area contributed by atoms with Gasteiger partial charge in [-0.25, -0.2) is 4.39 Å². The van der Waals surface area contributed by atoms with Gasteiger partial charge in [0.2, 0.25) is 12.7 Å². The number of rotatable bonds is 5. The predicted molar refractivity (Wildman–Crippen MR) is 101 cm³/mol. The normalized spacial score (nSPS) is 18.4. The molecule has 1 fully saturated rings. The zero-order valence-corrected chi connectivity index (χ0v) is 15.1. The van der Waals surface area contributed by atoms with E-state index in [4.69, 9.17) is 9.47 Å². The Balaban J connectivity index is 1.29. The molecule has 0 aliphatic carbocycles. The van der Waals surface area contributed by atoms with Crippen LogP contribution in [0.25, 0.3) is 0 Å². The fraction of sp³-hybridized carbons (Fsp3) is 0.381. The summed E-state index contributed by atoms with van der Waals surface area (Å²) >= 11 is 0. The third-order valence-electron chi connectivity index (χ3n) is 5.05. The standard InChI is InChI=1S/C21H23FN2O3/c22-16-5-7-17(8-6-16)23-18-2-1-11-24(13-18)21(25)10-4-15-3-9-19-20(12-15)27-14-26-19/h3,5-9,12,18,23H,1-2,4,10-11,13-14H2/t18-/m1/s1. The van der Waals surface area contributed by atoms with E-state index in [1.807, 2.05) is 23.1 Å². The Labute approximate surface area is 158 Å². The minimum absolute atomic E-state index is 0.165. The molecule has 1 amide bonds. The van der Waals surface area contributed by atoms with Crippen molar-refractivity contribution in [2.75, 3.05) is 25.2 Å². The van der Waals surface area contributed by atoms with Crippen molar-refractivity contribution in [2.24, 2.45) is 0 Å². The number of carbonyl (C=O) groups is 1. The number of nitrogens with zero attached hydrogens (tertiary/aromatic N) is 1. The quantitative estimate of drug-likeness (QED) is 0.874. The van der Waals surface area contributed by atoms with Crippen LogP contribution < -0.4 is 14.8 Å². The average molecular weight is 370 g/mol. The summed E-state index contributed by atoms with van der Waals surface area (Å²) in [6, 6.07) is 12.4. The highest BCUT2D eigenvalue weighted by atomic mass is 19.1. The van der Waals surface area contributed by atoms with Gasteiger partial charge in [0.05, 0.1) is 0 Å². The van der Waals surface area contributed by atoms with E-state index < -0.39 is 0 Å². The number of hydrogen-bond donors (Lipinski definition) is 1. The number of piperidine rings is 1. The Morgan fingerprint density at radius 1 is 1.15 bits per heavy atom. The van der Waals surface area contributed by atoms with Crippen LogP contribution in [0.5, 0.6) is 11.5 Å². The maximum Gasteiger partial charge on any atom is 0.231 e. The second-order valence-electron chi connectivity index (χ2n) is 7.02. The number of ether oxygens (including phenoxy) is 2. The number of fused-ring (bicyclic) bond motifs is 1. The SMILES string of the molecule is O=C(CCc1ccc2c(c1)OCO2)N1CCC[C@@H](Nc2ccc(F)cc2)C1. The third kappa shape index (κ3) is 4.32. The summed E-state index contributed by atoms with van der Waals surface area (Å²) < 4.78 is 23.7. The van der Waals surface area contributed by atoms with Crippen LogP contribution in [0.3, 0.4) is 0 Å². The molecular formula is C21H23FN2O3. The Morgan fingerprint density at radius 2 is 1.96 bits per heavy atom. The molecule has 0 saturated carbocycles. The lowest BCUT2D eigenvalue weighted by atomic mass is 10.0. The van der Waals surface area contributed by atoms with Gasteiger partial charge in [0, 0.05) is 31.2 Å². The van der Waals surface area contributed by atoms with Gasteiger partial charge in [0.25, 0.3) is 0 Å². The molecule has 1 saturated heterocycles. The van der Waals surface area contributed by atoms with E-state index in [9.17, 15) is 9.18 Å². The van der Waals surface area contributed by atoms with Crippen LogP contribution in [0.4, 0.5) is 10.1 Å². The van der Waals surface area contributed by atoms with Crippen molar-refractivity contribution in [3.63, 3.8) is 0 Å². The van der Waals surface area contributed by atoms with Crippen molar-refractivity contribution < 1.29 is 18.7 Å². The number of benzene rings is 2. The van der Waals surface area contributed by atoms with E-state index >= 15 is 0 Å². The van der Waals surface area contributed by atoms with Crippen LogP contribution in [0.2, 0.25) is 0 Å². The van der Waals surface area contributed by atoms with Crippen molar-refractivity contribution >= 4 is 11.6 Å². The number of amides is 1. The van der Waals surface area contributed by atoms with Gasteiger partial charge < -0.3 is 19.7 Å². The topological polar surface area (TPSA) is 50.8 Å². The van der Waals surface area contributed by atoms with E-state index in [-0.39, 0.29) is 24.6 Å². The summed E-state index contributed by atoms with van der Waals surface area (Å²) in [5.74, 6) is 1.43. The molecule has 0 radical (unpaired) electrons. The van der Waals surface area contributed by atoms with Gasteiger partial charge in [0.1, 0.15) is 5.82 Å². The lowest BCUT2D eigenvalue weighted by Gasteiger charge is -2.34. The molecule has 4 rings (SSSR count). The number of anilines is 1. The molecule has 0 unspecified atom stereocenters. The smallest absolute Gasteiger partial charge is 0.231 e. The van der Waals surface area contributed by atoms with Crippen LogP contribution in [0.1, 0.15) is 24.8 Å². The molecule has 2 aromatic rings. The van der Waals surface area contributed by atoms with Crippen molar-refractivity contribution in [3.05, 3.63) is 53.8 Å². The summed E-state index contributed by atoms with van der Waals surface area (Å²) in [5, 5.41) is 3.40. The summed E-state index contributed by atoms with van der Waals surface area (Å²) in [6.45, 7) is 1.73. The molecule has 0 aromatic heterocycles. The monoisotopic (exact) mass is 370 g/mol. The predicted octanol–water partition coefficient (Wildman–Crippen LogP) is 3.59. The zero-order chi connectivity index (χ0) is 18.6. The first-order valence-electron chi connectivity index (χ1n) is 9.36. The number of likely N-dealkylation sites (tertiary alicyclic amines) is 1. The van der Waals surface area contributed by atoms with Gasteiger partial charge in [-0.2, -0.15) is 0 Å². The number of aryl methyl sites for hydroxylation is 1. The van der Waals surface area contributed by atoms with E-state index in [0.29, 0.717) is 19.4 Å². The fourth-order valence-corrected chi connectivity index (χ4v) is 3.61. The molecular weight excluding hydrogens is 347 g/mol. The molecule has 2 aliphatic heterocycles. The highest BCUT2D eigenvalue weighted by molar-refractivity contribution is 5.76. The van der Waals surface area contributed by atoms with Gasteiger partial charge in [0.15, 0.2) is 11.5 Å². The molecule has 2 aliphatic rings. The van der Waals surface area contributed by atoms with Crippen LogP contribution >= 0.6 is 0 Å². The van der Waals surface area contributed by atoms with E-state index in [2.05, 4.69) is 5.32 Å². The summed E-state index contributed by atoms with van der Waals surface area (Å²) in [6.07, 6.45) is 3.13. The minimum Gasteiger partial charge on any atom is -0.454 e. The molecule has 6 heteroatoms. The van der Waals surface area contributed by atoms with Gasteiger partial charge in [-0.15, -0.1) is 0 Å². The van der Waals surface area contributed by atoms with Crippen molar-refractivity contribution in [3.8, 4) is 11.5 Å². The average Bonchev–Trinajstić information content (AvgIpc) is 3.16. The lowest BCUT2D eigenvalue weighted by Crippen LogP contribution is -2.45. The first-order valence-corrected chi connectivity index (χ1v) is 9.36. The number of hydrogen-bond acceptors (Lipinski definition) is 4. The Kier molecular flexibility index (Phi) is 5.14. The molecule has 2 heterocycles. The van der Waals surface area contributed by atoms with Crippen LogP contribution in [0.15, 0.2) is 42.5 Å². The Morgan fingerprint density at radius 3 is 2.81 bits per heavy atom. The van der Waals surface area contributed by atoms with Gasteiger partial charge in [-0.1, -0.05) is 6.07 Å². The zero-order valence-electron chi connectivity index (χ0n) is 15.1. The van der Waals surface area contributed by atoms with E-state index in [1.165, 1.54) is 12.1 Å². The summed E-state index contributed by atoms with van der Waals surface area (Å²) in [5.41, 5.74) is 1.96. The number of carbonyl (C=O) groups excluding carboxylic acids is 1. The Hall–Kier alpha value is -2.76. The van der Waals surface area contributed by atoms with Gasteiger partial charge >= 0.3 is 0 Å². The molecule has 142 valence electrons. The molecule has 27 heavy (non-hydrogen) atoms. The highest BCUT2D eigenvalue weighted by Gasteiger charge is 2.23. The van der Waals surface area contributed by atoms with Crippen LogP contribution in [-0.4, -0.2) is 36.7 Å². The molecule has 0 bridgehead atoms. The lowest BCUT2D eigenvalue weighted by molar-refractivity contribution is -0.132. The van der Waals surface area contributed by atoms with E-state index in [1.54, 1.807) is 12.1 Å². The molecule has 1 N–H and O–H groups in total. The van der Waals surface area contributed by atoms with E-state index in [0.717, 1.165) is 42.1 Å². The maximum absolute atomic E-state index is 13.0. The largest absolute Gasteiger partial charge is 0.454 e. The van der Waals surface area contributed by atoms with Crippen molar-refractivity contribution in [2.45, 2.75) is 31.7 Å². The minimum atomic E-state index is -0.246. The second-order valence-corrected chi connectivity index (χ2v) is 7.02. The molecule has 2 aromatic carbocycles. The first-order chi connectivity index (χ1) is 13.2. The highest BCUT2D eigenvalue weighted by Crippen LogP contribution is 2.32. The fourth-order valence-electron chi connectivity index (χ4n) is 3.61. The summed E-state index contributed by atoms with van der Waals surface area (Å²) in [7, 11) is 0. The first kappa shape index (κ1) is 17.6. The molecule has 5 nitrogen and oxygen atoms in total. The molecule has 1 atom stereocenters. The summed E-state index contributed by atoms with van der Waals surface area (Å²) in [4.78, 5) is 14.6. The van der Waals surface area contributed by atoms with Gasteiger partial charge in [-0.3, -0.25) is 4.79 Å². The molecule has 0 spiro atoms. The number of nitrogens with one attached hydrogen (secondary N) is 1. The van der Waals surface area contributed by atoms with Crippen molar-refractivity contribution in [1.82, 2.24) is 4.90 Å². The third-order valence-corrected chi connectivity index (χ3v) is 5.05.